The number of benzene rings is 1. The van der Waals surface area contributed by atoms with Crippen LogP contribution in [0.15, 0.2) is 18.2 Å². The molecule has 0 saturated heterocycles. The molecule has 2 atom stereocenters. The van der Waals surface area contributed by atoms with E-state index in [2.05, 4.69) is 5.32 Å². The zero-order valence-electron chi connectivity index (χ0n) is 15.1. The highest BCUT2D eigenvalue weighted by atomic mass is 19.1. The van der Waals surface area contributed by atoms with Gasteiger partial charge in [-0.15, -0.1) is 0 Å². The largest absolute Gasteiger partial charge is 0.488 e. The van der Waals surface area contributed by atoms with Gasteiger partial charge in [0.25, 0.3) is 0 Å². The first-order chi connectivity index (χ1) is 11.1. The van der Waals surface area contributed by atoms with E-state index in [1.165, 1.54) is 12.1 Å². The van der Waals surface area contributed by atoms with Gasteiger partial charge in [-0.05, 0) is 59.1 Å². The van der Waals surface area contributed by atoms with Gasteiger partial charge in [-0.1, -0.05) is 6.07 Å². The Kier molecular flexibility index (Phi) is 7.48. The minimum atomic E-state index is -0.539. The third-order valence-corrected chi connectivity index (χ3v) is 3.22. The quantitative estimate of drug-likeness (QED) is 0.797. The number of carbonyl (C=O) groups excluding carboxylic acids is 1. The molecule has 0 aliphatic carbocycles. The van der Waals surface area contributed by atoms with Crippen LogP contribution in [0.2, 0.25) is 0 Å². The summed E-state index contributed by atoms with van der Waals surface area (Å²) < 4.78 is 24.2. The molecule has 0 saturated carbocycles. The second kappa shape index (κ2) is 8.87. The Morgan fingerprint density at radius 1 is 1.33 bits per heavy atom. The summed E-state index contributed by atoms with van der Waals surface area (Å²) in [6.45, 7) is 8.86. The lowest BCUT2D eigenvalue weighted by Crippen LogP contribution is -2.37. The first-order valence-corrected chi connectivity index (χ1v) is 8.16. The van der Waals surface area contributed by atoms with E-state index in [0.29, 0.717) is 18.6 Å². The fourth-order valence-corrected chi connectivity index (χ4v) is 2.05. The number of aryl methyl sites for hydroxylation is 1. The molecule has 5 nitrogen and oxygen atoms in total. The smallest absolute Gasteiger partial charge is 0.407 e. The standard InChI is InChI=1S/C18H28FNO4/c1-12(20-17(22)24-18(3,4)5)6-7-14-8-9-15(19)10-16(14)23-13(2)11-21/h8-10,12-13,21H,6-7,11H2,1-5H3,(H,20,22)/t12-,13-/m0/s1. The van der Waals surface area contributed by atoms with Gasteiger partial charge in [-0.3, -0.25) is 0 Å². The zero-order valence-corrected chi connectivity index (χ0v) is 15.1. The van der Waals surface area contributed by atoms with Crippen molar-refractivity contribution >= 4 is 6.09 Å². The molecule has 1 aromatic rings. The highest BCUT2D eigenvalue weighted by Crippen LogP contribution is 2.23. The molecule has 2 N–H and O–H groups in total. The maximum atomic E-state index is 13.4. The summed E-state index contributed by atoms with van der Waals surface area (Å²) in [5.74, 6) is 0.0276. The number of rotatable bonds is 7. The minimum Gasteiger partial charge on any atom is -0.488 e. The van der Waals surface area contributed by atoms with Gasteiger partial charge >= 0.3 is 6.09 Å². The Labute approximate surface area is 143 Å². The molecule has 0 heterocycles. The highest BCUT2D eigenvalue weighted by Gasteiger charge is 2.18. The third kappa shape index (κ3) is 7.64. The highest BCUT2D eigenvalue weighted by molar-refractivity contribution is 5.68. The Morgan fingerprint density at radius 3 is 2.58 bits per heavy atom. The molecule has 0 bridgehead atoms. The molecule has 0 aliphatic rings. The summed E-state index contributed by atoms with van der Waals surface area (Å²) in [6, 6.07) is 4.24. The molecule has 0 radical (unpaired) electrons. The van der Waals surface area contributed by atoms with E-state index in [-0.39, 0.29) is 18.5 Å². The third-order valence-electron chi connectivity index (χ3n) is 3.22. The van der Waals surface area contributed by atoms with Gasteiger partial charge in [0.05, 0.1) is 6.61 Å². The first kappa shape index (κ1) is 20.2. The van der Waals surface area contributed by atoms with Crippen molar-refractivity contribution in [2.24, 2.45) is 0 Å². The van der Waals surface area contributed by atoms with Crippen molar-refractivity contribution in [2.75, 3.05) is 6.61 Å². The molecule has 0 unspecified atom stereocenters. The first-order valence-electron chi connectivity index (χ1n) is 8.16. The topological polar surface area (TPSA) is 67.8 Å². The molecule has 136 valence electrons. The predicted molar refractivity (Wildman–Crippen MR) is 90.7 cm³/mol. The van der Waals surface area contributed by atoms with Crippen LogP contribution in [-0.2, 0) is 11.2 Å². The summed E-state index contributed by atoms with van der Waals surface area (Å²) in [4.78, 5) is 11.7. The van der Waals surface area contributed by atoms with Crippen molar-refractivity contribution < 1.29 is 23.8 Å². The van der Waals surface area contributed by atoms with Gasteiger partial charge in [0.2, 0.25) is 0 Å². The molecular formula is C18H28FNO4. The predicted octanol–water partition coefficient (Wildman–Crippen LogP) is 3.43. The summed E-state index contributed by atoms with van der Waals surface area (Å²) in [5, 5.41) is 11.9. The fraction of sp³-hybridized carbons (Fsp3) is 0.611. The second-order valence-electron chi connectivity index (χ2n) is 6.95. The van der Waals surface area contributed by atoms with Crippen molar-refractivity contribution in [1.29, 1.82) is 0 Å². The van der Waals surface area contributed by atoms with E-state index < -0.39 is 17.8 Å². The summed E-state index contributed by atoms with van der Waals surface area (Å²) in [5.41, 5.74) is 0.289. The number of aliphatic hydroxyl groups is 1. The van der Waals surface area contributed by atoms with Gasteiger partial charge in [0.1, 0.15) is 23.3 Å². The maximum Gasteiger partial charge on any atom is 0.407 e. The van der Waals surface area contributed by atoms with Crippen LogP contribution in [-0.4, -0.2) is 35.6 Å². The number of hydrogen-bond acceptors (Lipinski definition) is 4. The lowest BCUT2D eigenvalue weighted by molar-refractivity contribution is 0.0506. The van der Waals surface area contributed by atoms with E-state index in [1.54, 1.807) is 13.0 Å². The van der Waals surface area contributed by atoms with Crippen LogP contribution >= 0.6 is 0 Å². The second-order valence-corrected chi connectivity index (χ2v) is 6.95. The normalized spacial score (nSPS) is 14.0. The molecule has 1 rings (SSSR count). The van der Waals surface area contributed by atoms with Crippen molar-refractivity contribution in [1.82, 2.24) is 5.32 Å². The molecule has 1 amide bonds. The van der Waals surface area contributed by atoms with Gasteiger partial charge in [0.15, 0.2) is 0 Å². The Morgan fingerprint density at radius 2 is 2.00 bits per heavy atom. The van der Waals surface area contributed by atoms with E-state index in [9.17, 15) is 9.18 Å². The van der Waals surface area contributed by atoms with E-state index in [4.69, 9.17) is 14.6 Å². The Balaban J connectivity index is 2.61. The lowest BCUT2D eigenvalue weighted by atomic mass is 10.0. The number of carbonyl (C=O) groups is 1. The van der Waals surface area contributed by atoms with Gasteiger partial charge in [0, 0.05) is 12.1 Å². The number of alkyl carbamates (subject to hydrolysis) is 1. The van der Waals surface area contributed by atoms with Crippen LogP contribution in [0, 0.1) is 5.82 Å². The van der Waals surface area contributed by atoms with Crippen LogP contribution in [0.25, 0.3) is 0 Å². The van der Waals surface area contributed by atoms with Crippen LogP contribution in [0.5, 0.6) is 5.75 Å². The average molecular weight is 341 g/mol. The number of halogens is 1. The monoisotopic (exact) mass is 341 g/mol. The number of nitrogens with one attached hydrogen (secondary N) is 1. The van der Waals surface area contributed by atoms with E-state index in [0.717, 1.165) is 5.56 Å². The van der Waals surface area contributed by atoms with Crippen molar-refractivity contribution in [3.63, 3.8) is 0 Å². The number of hydrogen-bond donors (Lipinski definition) is 2. The van der Waals surface area contributed by atoms with E-state index in [1.807, 2.05) is 27.7 Å². The SMILES string of the molecule is C[C@@H](CCc1ccc(F)cc1O[C@@H](C)CO)NC(=O)OC(C)(C)C. The van der Waals surface area contributed by atoms with Gasteiger partial charge in [-0.25, -0.2) is 9.18 Å². The minimum absolute atomic E-state index is 0.104. The van der Waals surface area contributed by atoms with Crippen molar-refractivity contribution in [2.45, 2.75) is 65.2 Å². The van der Waals surface area contributed by atoms with Crippen LogP contribution < -0.4 is 10.1 Å². The van der Waals surface area contributed by atoms with E-state index >= 15 is 0 Å². The van der Waals surface area contributed by atoms with Crippen LogP contribution in [0.4, 0.5) is 9.18 Å². The molecule has 1 aromatic carbocycles. The van der Waals surface area contributed by atoms with Crippen LogP contribution in [0.1, 0.15) is 46.6 Å². The summed E-state index contributed by atoms with van der Waals surface area (Å²) in [7, 11) is 0. The van der Waals surface area contributed by atoms with Gasteiger partial charge < -0.3 is 19.9 Å². The Bertz CT molecular complexity index is 542. The molecule has 0 spiro atoms. The average Bonchev–Trinajstić information content (AvgIpc) is 2.44. The molecule has 24 heavy (non-hydrogen) atoms. The molecule has 0 fully saturated rings. The summed E-state index contributed by atoms with van der Waals surface area (Å²) >= 11 is 0. The Hall–Kier alpha value is -1.82. The maximum absolute atomic E-state index is 13.4. The number of amides is 1. The van der Waals surface area contributed by atoms with Gasteiger partial charge in [-0.2, -0.15) is 0 Å². The number of aliphatic hydroxyl groups excluding tert-OH is 1. The molecular weight excluding hydrogens is 313 g/mol. The zero-order chi connectivity index (χ0) is 18.3. The lowest BCUT2D eigenvalue weighted by Gasteiger charge is -2.22. The fourth-order valence-electron chi connectivity index (χ4n) is 2.05. The molecule has 0 aromatic heterocycles. The van der Waals surface area contributed by atoms with Crippen molar-refractivity contribution in [3.05, 3.63) is 29.6 Å². The van der Waals surface area contributed by atoms with Crippen molar-refractivity contribution in [3.8, 4) is 5.75 Å². The molecule has 0 aliphatic heterocycles. The van der Waals surface area contributed by atoms with Crippen LogP contribution in [0.3, 0.4) is 0 Å². The molecule has 6 heteroatoms. The summed E-state index contributed by atoms with van der Waals surface area (Å²) in [6.07, 6.45) is 0.377. The number of ether oxygens (including phenoxy) is 2.